The second kappa shape index (κ2) is 6.93. The minimum atomic E-state index is -0.478. The van der Waals surface area contributed by atoms with Gasteiger partial charge in [0, 0.05) is 41.8 Å². The van der Waals surface area contributed by atoms with Crippen molar-refractivity contribution in [1.82, 2.24) is 14.9 Å². The first-order valence-corrected chi connectivity index (χ1v) is 8.27. The molecule has 0 radical (unpaired) electrons. The molecule has 3 rings (SSSR count). The van der Waals surface area contributed by atoms with Gasteiger partial charge in [0.2, 0.25) is 0 Å². The van der Waals surface area contributed by atoms with Crippen LogP contribution >= 0.6 is 23.2 Å². The molecule has 24 heavy (non-hydrogen) atoms. The van der Waals surface area contributed by atoms with Crippen LogP contribution in [0.3, 0.4) is 0 Å². The number of nitrogens with two attached hydrogens (primary N) is 1. The lowest BCUT2D eigenvalue weighted by atomic mass is 10.1. The van der Waals surface area contributed by atoms with Gasteiger partial charge in [-0.05, 0) is 24.1 Å². The van der Waals surface area contributed by atoms with E-state index in [2.05, 4.69) is 9.97 Å². The van der Waals surface area contributed by atoms with Gasteiger partial charge in [-0.3, -0.25) is 9.59 Å². The summed E-state index contributed by atoms with van der Waals surface area (Å²) in [6.07, 6.45) is 2.31. The van der Waals surface area contributed by atoms with Crippen LogP contribution in [0, 0.1) is 0 Å². The maximum absolute atomic E-state index is 12.4. The molecule has 0 spiro atoms. The highest BCUT2D eigenvalue weighted by molar-refractivity contribution is 6.36. The van der Waals surface area contributed by atoms with Crippen LogP contribution in [-0.2, 0) is 6.42 Å². The molecule has 126 valence electrons. The van der Waals surface area contributed by atoms with Crippen molar-refractivity contribution in [2.45, 2.75) is 18.9 Å². The average Bonchev–Trinajstić information content (AvgIpc) is 2.97. The van der Waals surface area contributed by atoms with Gasteiger partial charge in [0.15, 0.2) is 0 Å². The van der Waals surface area contributed by atoms with E-state index in [4.69, 9.17) is 28.9 Å². The number of H-pyrrole nitrogens is 1. The SMILES string of the molecule is N[C@@H]1CCN(C(=O)c2cnc(Cc3c(Cl)cccc3Cl)[nH]c2=O)C1. The molecular formula is C16H16Cl2N4O2. The van der Waals surface area contributed by atoms with Gasteiger partial charge in [0.25, 0.3) is 11.5 Å². The van der Waals surface area contributed by atoms with Gasteiger partial charge in [-0.1, -0.05) is 29.3 Å². The molecule has 2 aromatic rings. The molecule has 0 unspecified atom stereocenters. The zero-order chi connectivity index (χ0) is 17.3. The number of hydrogen-bond donors (Lipinski definition) is 2. The summed E-state index contributed by atoms with van der Waals surface area (Å²) in [5.41, 5.74) is 6.01. The van der Waals surface area contributed by atoms with Gasteiger partial charge < -0.3 is 15.6 Å². The van der Waals surface area contributed by atoms with Crippen LogP contribution in [0.2, 0.25) is 10.0 Å². The first-order valence-electron chi connectivity index (χ1n) is 7.51. The molecule has 1 aliphatic heterocycles. The fourth-order valence-electron chi connectivity index (χ4n) is 2.68. The number of aromatic amines is 1. The molecule has 6 nitrogen and oxygen atoms in total. The quantitative estimate of drug-likeness (QED) is 0.866. The van der Waals surface area contributed by atoms with Gasteiger partial charge in [0.1, 0.15) is 11.4 Å². The first kappa shape index (κ1) is 17.0. The predicted octanol–water partition coefficient (Wildman–Crippen LogP) is 1.84. The fraction of sp³-hybridized carbons (Fsp3) is 0.312. The summed E-state index contributed by atoms with van der Waals surface area (Å²) in [5.74, 6) is 0.0451. The van der Waals surface area contributed by atoms with Crippen molar-refractivity contribution < 1.29 is 4.79 Å². The highest BCUT2D eigenvalue weighted by atomic mass is 35.5. The highest BCUT2D eigenvalue weighted by Gasteiger charge is 2.26. The second-order valence-electron chi connectivity index (χ2n) is 5.75. The summed E-state index contributed by atoms with van der Waals surface area (Å²) in [5, 5.41) is 0.993. The van der Waals surface area contributed by atoms with E-state index in [-0.39, 0.29) is 23.9 Å². The molecule has 1 amide bonds. The number of carbonyl (C=O) groups is 1. The number of likely N-dealkylation sites (tertiary alicyclic amines) is 1. The molecule has 1 aromatic carbocycles. The van der Waals surface area contributed by atoms with Gasteiger partial charge in [-0.2, -0.15) is 0 Å². The highest BCUT2D eigenvalue weighted by Crippen LogP contribution is 2.25. The third kappa shape index (κ3) is 3.45. The lowest BCUT2D eigenvalue weighted by Gasteiger charge is -2.15. The lowest BCUT2D eigenvalue weighted by molar-refractivity contribution is 0.0788. The Morgan fingerprint density at radius 3 is 2.67 bits per heavy atom. The molecule has 3 N–H and O–H groups in total. The molecule has 1 atom stereocenters. The van der Waals surface area contributed by atoms with Crippen LogP contribution in [-0.4, -0.2) is 39.9 Å². The van der Waals surface area contributed by atoms with Gasteiger partial charge in [-0.15, -0.1) is 0 Å². The minimum absolute atomic E-state index is 0.0121. The van der Waals surface area contributed by atoms with E-state index in [9.17, 15) is 9.59 Å². The van der Waals surface area contributed by atoms with Crippen LogP contribution in [0.5, 0.6) is 0 Å². The average molecular weight is 367 g/mol. The Bertz CT molecular complexity index is 817. The molecule has 1 aromatic heterocycles. The van der Waals surface area contributed by atoms with E-state index >= 15 is 0 Å². The van der Waals surface area contributed by atoms with Crippen molar-refractivity contribution in [2.75, 3.05) is 13.1 Å². The number of halogens is 2. The zero-order valence-electron chi connectivity index (χ0n) is 12.8. The van der Waals surface area contributed by atoms with Gasteiger partial charge >= 0.3 is 0 Å². The smallest absolute Gasteiger partial charge is 0.263 e. The largest absolute Gasteiger partial charge is 0.337 e. The van der Waals surface area contributed by atoms with E-state index in [1.54, 1.807) is 23.1 Å². The Kier molecular flexibility index (Phi) is 4.89. The van der Waals surface area contributed by atoms with Crippen LogP contribution < -0.4 is 11.3 Å². The van der Waals surface area contributed by atoms with Crippen molar-refractivity contribution in [3.05, 3.63) is 61.7 Å². The number of nitrogens with zero attached hydrogens (tertiary/aromatic N) is 2. The summed E-state index contributed by atoms with van der Waals surface area (Å²) >= 11 is 12.2. The Morgan fingerprint density at radius 2 is 2.08 bits per heavy atom. The summed E-state index contributed by atoms with van der Waals surface area (Å²) in [6.45, 7) is 1.01. The Morgan fingerprint density at radius 1 is 1.38 bits per heavy atom. The maximum Gasteiger partial charge on any atom is 0.263 e. The van der Waals surface area contributed by atoms with Crippen LogP contribution in [0.1, 0.15) is 28.2 Å². The van der Waals surface area contributed by atoms with E-state index in [0.29, 0.717) is 34.5 Å². The number of amides is 1. The molecule has 0 aliphatic carbocycles. The third-order valence-electron chi connectivity index (χ3n) is 4.00. The first-order chi connectivity index (χ1) is 11.5. The molecule has 8 heteroatoms. The molecular weight excluding hydrogens is 351 g/mol. The standard InChI is InChI=1S/C16H16Cl2N4O2/c17-12-2-1-3-13(18)10(12)6-14-20-7-11(15(23)21-14)16(24)22-5-4-9(19)8-22/h1-3,7,9H,4-6,8,19H2,(H,20,21,23)/t9-/m1/s1. The summed E-state index contributed by atoms with van der Waals surface area (Å²) in [4.78, 5) is 33.0. The number of hydrogen-bond acceptors (Lipinski definition) is 4. The van der Waals surface area contributed by atoms with E-state index in [0.717, 1.165) is 6.42 Å². The zero-order valence-corrected chi connectivity index (χ0v) is 14.3. The lowest BCUT2D eigenvalue weighted by Crippen LogP contribution is -2.35. The normalized spacial score (nSPS) is 17.3. The molecule has 1 aliphatic rings. The van der Waals surface area contributed by atoms with Crippen LogP contribution in [0.25, 0.3) is 0 Å². The Labute approximate surface area is 148 Å². The summed E-state index contributed by atoms with van der Waals surface area (Å²) in [7, 11) is 0. The molecule has 0 saturated carbocycles. The number of aromatic nitrogens is 2. The molecule has 1 fully saturated rings. The van der Waals surface area contributed by atoms with Crippen molar-refractivity contribution in [1.29, 1.82) is 0 Å². The van der Waals surface area contributed by atoms with E-state index in [1.807, 2.05) is 0 Å². The van der Waals surface area contributed by atoms with E-state index < -0.39 is 5.56 Å². The third-order valence-corrected chi connectivity index (χ3v) is 4.71. The second-order valence-corrected chi connectivity index (χ2v) is 6.56. The fourth-order valence-corrected chi connectivity index (χ4v) is 3.22. The maximum atomic E-state index is 12.4. The van der Waals surface area contributed by atoms with Crippen molar-refractivity contribution >= 4 is 29.1 Å². The number of carbonyl (C=O) groups excluding carboxylic acids is 1. The number of benzene rings is 1. The number of rotatable bonds is 3. The summed E-state index contributed by atoms with van der Waals surface area (Å²) < 4.78 is 0. The predicted molar refractivity (Wildman–Crippen MR) is 92.6 cm³/mol. The Balaban J connectivity index is 1.83. The summed E-state index contributed by atoms with van der Waals surface area (Å²) in [6, 6.07) is 5.14. The topological polar surface area (TPSA) is 92.1 Å². The van der Waals surface area contributed by atoms with Gasteiger partial charge in [0.05, 0.1) is 0 Å². The molecule has 1 saturated heterocycles. The van der Waals surface area contributed by atoms with Crippen LogP contribution in [0.4, 0.5) is 0 Å². The number of nitrogens with one attached hydrogen (secondary N) is 1. The van der Waals surface area contributed by atoms with Crippen molar-refractivity contribution in [2.24, 2.45) is 5.73 Å². The monoisotopic (exact) mass is 366 g/mol. The van der Waals surface area contributed by atoms with Crippen molar-refractivity contribution in [3.8, 4) is 0 Å². The molecule has 2 heterocycles. The minimum Gasteiger partial charge on any atom is -0.337 e. The van der Waals surface area contributed by atoms with Crippen molar-refractivity contribution in [3.63, 3.8) is 0 Å². The molecule has 0 bridgehead atoms. The Hall–Kier alpha value is -1.89. The van der Waals surface area contributed by atoms with Gasteiger partial charge in [-0.25, -0.2) is 4.98 Å². The van der Waals surface area contributed by atoms with Crippen LogP contribution in [0.15, 0.2) is 29.2 Å². The van der Waals surface area contributed by atoms with E-state index in [1.165, 1.54) is 6.20 Å².